The number of para-hydroxylation sites is 1. The first-order chi connectivity index (χ1) is 15.3. The molecular weight excluding hydrogens is 442 g/mol. The molecule has 1 unspecified atom stereocenters. The zero-order valence-electron chi connectivity index (χ0n) is 18.3. The van der Waals surface area contributed by atoms with Gasteiger partial charge in [0, 0.05) is 12.2 Å². The first-order valence-electron chi connectivity index (χ1n) is 10.6. The van der Waals surface area contributed by atoms with Gasteiger partial charge in [0.1, 0.15) is 16.8 Å². The molecule has 0 saturated carbocycles. The van der Waals surface area contributed by atoms with Crippen molar-refractivity contribution in [2.45, 2.75) is 45.8 Å². The van der Waals surface area contributed by atoms with Gasteiger partial charge in [0.2, 0.25) is 10.0 Å². The smallest absolute Gasteiger partial charge is 0.211 e. The fourth-order valence-corrected chi connectivity index (χ4v) is 5.82. The second-order valence-electron chi connectivity index (χ2n) is 7.98. The Morgan fingerprint density at radius 1 is 1.25 bits per heavy atom. The van der Waals surface area contributed by atoms with Gasteiger partial charge in [-0.1, -0.05) is 24.3 Å². The molecule has 1 heterocycles. The van der Waals surface area contributed by atoms with Crippen LogP contribution in [0.5, 0.6) is 5.75 Å². The summed E-state index contributed by atoms with van der Waals surface area (Å²) in [4.78, 5) is 5.65. The van der Waals surface area contributed by atoms with E-state index in [4.69, 9.17) is 4.74 Å². The largest absolute Gasteiger partial charge is 0.489 e. The molecule has 3 aromatic rings. The number of thiazole rings is 1. The van der Waals surface area contributed by atoms with Gasteiger partial charge in [0.05, 0.1) is 27.9 Å². The second-order valence-corrected chi connectivity index (χ2v) is 11.0. The molecule has 0 radical (unpaired) electrons. The third-order valence-corrected chi connectivity index (χ3v) is 7.93. The number of nitrogens with one attached hydrogen (secondary N) is 1. The van der Waals surface area contributed by atoms with Crippen LogP contribution < -0.4 is 9.46 Å². The quantitative estimate of drug-likeness (QED) is 0.524. The maximum absolute atomic E-state index is 12.1. The lowest BCUT2D eigenvalue weighted by molar-refractivity contribution is 0.243. The standard InChI is InChI=1S/C24H25N3O3S2/c1-4-32(28,29)27-21-12-11-17-18(21)8-6-9-19(17)22-14-26-24(31-22)20-10-5-7-16(13-25)23(20)30-15(2)3/h5-10,14-15,21,27H,4,11-12H2,1-3H3. The van der Waals surface area contributed by atoms with Gasteiger partial charge in [-0.2, -0.15) is 5.26 Å². The first kappa shape index (κ1) is 22.5. The Hall–Kier alpha value is -2.73. The van der Waals surface area contributed by atoms with Crippen LogP contribution in [0.2, 0.25) is 0 Å². The van der Waals surface area contributed by atoms with Crippen molar-refractivity contribution in [1.29, 1.82) is 5.26 Å². The summed E-state index contributed by atoms with van der Waals surface area (Å²) >= 11 is 1.55. The molecule has 1 aromatic heterocycles. The van der Waals surface area contributed by atoms with Crippen molar-refractivity contribution in [3.63, 3.8) is 0 Å². The molecule has 1 atom stereocenters. The number of rotatable bonds is 7. The number of fused-ring (bicyclic) bond motifs is 1. The Balaban J connectivity index is 1.71. The molecule has 1 aliphatic carbocycles. The number of aromatic nitrogens is 1. The highest BCUT2D eigenvalue weighted by Gasteiger charge is 2.28. The molecule has 0 fully saturated rings. The fraction of sp³-hybridized carbons (Fsp3) is 0.333. The van der Waals surface area contributed by atoms with Crippen LogP contribution in [0.3, 0.4) is 0 Å². The third-order valence-electron chi connectivity index (χ3n) is 5.46. The maximum atomic E-state index is 12.1. The molecule has 0 bridgehead atoms. The van der Waals surface area contributed by atoms with Crippen LogP contribution in [0.15, 0.2) is 42.6 Å². The SMILES string of the molecule is CCS(=O)(=O)NC1CCc2c(-c3cnc(-c4cccc(C#N)c4OC(C)C)s3)cccc21. The van der Waals surface area contributed by atoms with Gasteiger partial charge < -0.3 is 4.74 Å². The minimum atomic E-state index is -3.28. The van der Waals surface area contributed by atoms with Crippen LogP contribution in [-0.4, -0.2) is 25.3 Å². The number of nitrogens with zero attached hydrogens (tertiary/aromatic N) is 2. The van der Waals surface area contributed by atoms with E-state index in [1.54, 1.807) is 24.3 Å². The highest BCUT2D eigenvalue weighted by Crippen LogP contribution is 2.43. The minimum absolute atomic E-state index is 0.0658. The van der Waals surface area contributed by atoms with E-state index in [-0.39, 0.29) is 17.9 Å². The van der Waals surface area contributed by atoms with Gasteiger partial charge >= 0.3 is 0 Å². The lowest BCUT2D eigenvalue weighted by Crippen LogP contribution is -2.28. The zero-order valence-corrected chi connectivity index (χ0v) is 19.9. The van der Waals surface area contributed by atoms with Crippen molar-refractivity contribution in [2.75, 3.05) is 5.75 Å². The van der Waals surface area contributed by atoms with E-state index in [9.17, 15) is 13.7 Å². The van der Waals surface area contributed by atoms with Gasteiger partial charge in [-0.15, -0.1) is 11.3 Å². The van der Waals surface area contributed by atoms with E-state index < -0.39 is 10.0 Å². The molecule has 0 amide bonds. The topological polar surface area (TPSA) is 92.1 Å². The Morgan fingerprint density at radius 3 is 2.72 bits per heavy atom. The van der Waals surface area contributed by atoms with Gasteiger partial charge in [-0.05, 0) is 62.4 Å². The summed E-state index contributed by atoms with van der Waals surface area (Å²) in [6.07, 6.45) is 3.33. The summed E-state index contributed by atoms with van der Waals surface area (Å²) in [5.41, 5.74) is 4.56. The number of sulfonamides is 1. The number of benzene rings is 2. The van der Waals surface area contributed by atoms with Crippen LogP contribution in [-0.2, 0) is 16.4 Å². The van der Waals surface area contributed by atoms with Crippen LogP contribution in [0.25, 0.3) is 21.0 Å². The molecule has 166 valence electrons. The maximum Gasteiger partial charge on any atom is 0.211 e. The van der Waals surface area contributed by atoms with E-state index in [0.29, 0.717) is 11.3 Å². The van der Waals surface area contributed by atoms with E-state index in [0.717, 1.165) is 45.0 Å². The highest BCUT2D eigenvalue weighted by atomic mass is 32.2. The normalized spacial score (nSPS) is 15.5. The van der Waals surface area contributed by atoms with Crippen molar-refractivity contribution in [2.24, 2.45) is 0 Å². The molecule has 0 saturated heterocycles. The predicted molar refractivity (Wildman–Crippen MR) is 127 cm³/mol. The van der Waals surface area contributed by atoms with Crippen LogP contribution >= 0.6 is 11.3 Å². The zero-order chi connectivity index (χ0) is 22.9. The van der Waals surface area contributed by atoms with Crippen molar-refractivity contribution in [1.82, 2.24) is 9.71 Å². The number of hydrogen-bond acceptors (Lipinski definition) is 6. The van der Waals surface area contributed by atoms with Crippen molar-refractivity contribution in [3.05, 3.63) is 59.3 Å². The summed E-state index contributed by atoms with van der Waals surface area (Å²) in [7, 11) is -3.28. The third kappa shape index (κ3) is 4.42. The van der Waals surface area contributed by atoms with Crippen molar-refractivity contribution < 1.29 is 13.2 Å². The van der Waals surface area contributed by atoms with Crippen molar-refractivity contribution >= 4 is 21.4 Å². The predicted octanol–water partition coefficient (Wildman–Crippen LogP) is 5.06. The summed E-state index contributed by atoms with van der Waals surface area (Å²) in [6, 6.07) is 13.6. The Kier molecular flexibility index (Phi) is 6.33. The average Bonchev–Trinajstić information content (AvgIpc) is 3.41. The van der Waals surface area contributed by atoms with E-state index in [1.807, 2.05) is 44.3 Å². The number of ether oxygens (including phenoxy) is 1. The second kappa shape index (κ2) is 9.02. The number of nitriles is 1. The van der Waals surface area contributed by atoms with E-state index in [1.165, 1.54) is 0 Å². The lowest BCUT2D eigenvalue weighted by Gasteiger charge is -2.14. The van der Waals surface area contributed by atoms with Gasteiger partial charge in [-0.25, -0.2) is 18.1 Å². The number of hydrogen-bond donors (Lipinski definition) is 1. The summed E-state index contributed by atoms with van der Waals surface area (Å²) in [5.74, 6) is 0.623. The Labute approximate surface area is 193 Å². The first-order valence-corrected chi connectivity index (χ1v) is 13.1. The van der Waals surface area contributed by atoms with E-state index >= 15 is 0 Å². The average molecular weight is 468 g/mol. The van der Waals surface area contributed by atoms with Gasteiger partial charge in [-0.3, -0.25) is 0 Å². The molecule has 0 aliphatic heterocycles. The minimum Gasteiger partial charge on any atom is -0.489 e. The van der Waals surface area contributed by atoms with Crippen LogP contribution in [0, 0.1) is 11.3 Å². The molecule has 2 aromatic carbocycles. The summed E-state index contributed by atoms with van der Waals surface area (Å²) < 4.78 is 33.0. The van der Waals surface area contributed by atoms with Gasteiger partial charge in [0.25, 0.3) is 0 Å². The van der Waals surface area contributed by atoms with Crippen LogP contribution in [0.1, 0.15) is 49.9 Å². The molecular formula is C24H25N3O3S2. The van der Waals surface area contributed by atoms with Gasteiger partial charge in [0.15, 0.2) is 0 Å². The molecule has 4 rings (SSSR count). The van der Waals surface area contributed by atoms with E-state index in [2.05, 4.69) is 21.8 Å². The molecule has 1 aliphatic rings. The molecule has 0 spiro atoms. The Bertz CT molecular complexity index is 1290. The summed E-state index contributed by atoms with van der Waals surface area (Å²) in [6.45, 7) is 5.51. The fourth-order valence-electron chi connectivity index (χ4n) is 3.99. The monoisotopic (exact) mass is 467 g/mol. The molecule has 8 heteroatoms. The Morgan fingerprint density at radius 2 is 2.00 bits per heavy atom. The molecule has 1 N–H and O–H groups in total. The highest BCUT2D eigenvalue weighted by molar-refractivity contribution is 7.89. The van der Waals surface area contributed by atoms with Crippen LogP contribution in [0.4, 0.5) is 0 Å². The summed E-state index contributed by atoms with van der Waals surface area (Å²) in [5, 5.41) is 10.3. The molecule has 6 nitrogen and oxygen atoms in total. The lowest BCUT2D eigenvalue weighted by atomic mass is 10.0. The van der Waals surface area contributed by atoms with Crippen molar-refractivity contribution in [3.8, 4) is 32.8 Å². The molecule has 32 heavy (non-hydrogen) atoms.